The fraction of sp³-hybridized carbons (Fsp3) is 0.632. The lowest BCUT2D eigenvalue weighted by molar-refractivity contribution is -0.132. The van der Waals surface area contributed by atoms with E-state index in [2.05, 4.69) is 5.32 Å². The van der Waals surface area contributed by atoms with Crippen molar-refractivity contribution in [2.75, 3.05) is 45.6 Å². The molecule has 0 aromatic heterocycles. The normalized spacial score (nSPS) is 17.6. The second kappa shape index (κ2) is 9.34. The molecule has 2 aliphatic heterocycles. The maximum atomic E-state index is 12.4. The van der Waals surface area contributed by atoms with Gasteiger partial charge in [-0.2, -0.15) is 0 Å². The zero-order valence-corrected chi connectivity index (χ0v) is 15.8. The molecule has 0 aliphatic carbocycles. The molecule has 25 heavy (non-hydrogen) atoms. The molecule has 1 aromatic rings. The summed E-state index contributed by atoms with van der Waals surface area (Å²) >= 11 is 1.71. The van der Waals surface area contributed by atoms with Crippen LogP contribution in [-0.4, -0.2) is 56.5 Å². The summed E-state index contributed by atoms with van der Waals surface area (Å²) in [6.07, 6.45) is 4.10. The predicted molar refractivity (Wildman–Crippen MR) is 101 cm³/mol. The second-order valence-electron chi connectivity index (χ2n) is 6.62. The van der Waals surface area contributed by atoms with Crippen LogP contribution < -0.4 is 14.8 Å². The van der Waals surface area contributed by atoms with E-state index >= 15 is 0 Å². The van der Waals surface area contributed by atoms with E-state index in [0.717, 1.165) is 60.5 Å². The summed E-state index contributed by atoms with van der Waals surface area (Å²) in [4.78, 5) is 15.6. The minimum Gasteiger partial charge on any atom is -0.486 e. The first-order chi connectivity index (χ1) is 12.3. The molecule has 1 N–H and O–H groups in total. The van der Waals surface area contributed by atoms with Gasteiger partial charge in [0, 0.05) is 30.2 Å². The first-order valence-corrected chi connectivity index (χ1v) is 10.2. The van der Waals surface area contributed by atoms with Gasteiger partial charge in [-0.25, -0.2) is 0 Å². The van der Waals surface area contributed by atoms with Crippen LogP contribution >= 0.6 is 11.8 Å². The number of fused-ring (bicyclic) bond motifs is 1. The molecule has 1 fully saturated rings. The average Bonchev–Trinajstić information content (AvgIpc) is 2.66. The Morgan fingerprint density at radius 3 is 2.76 bits per heavy atom. The predicted octanol–water partition coefficient (Wildman–Crippen LogP) is 2.79. The molecular weight excluding hydrogens is 336 g/mol. The molecule has 1 saturated heterocycles. The highest BCUT2D eigenvalue weighted by Gasteiger charge is 2.22. The summed E-state index contributed by atoms with van der Waals surface area (Å²) in [5.74, 6) is 3.48. The maximum absolute atomic E-state index is 12.4. The van der Waals surface area contributed by atoms with E-state index < -0.39 is 0 Å². The molecule has 2 heterocycles. The molecule has 5 nitrogen and oxygen atoms in total. The summed E-state index contributed by atoms with van der Waals surface area (Å²) in [6, 6.07) is 6.00. The molecule has 0 atom stereocenters. The van der Waals surface area contributed by atoms with Gasteiger partial charge in [0.05, 0.1) is 0 Å². The standard InChI is InChI=1S/C19H28N2O3S/c1-20-8-4-15-5-9-21(10-6-15)19(22)7-13-25-16-2-3-17-18(14-16)24-12-11-23-17/h2-3,14-15,20H,4-13H2,1H3. The van der Waals surface area contributed by atoms with Crippen LogP contribution in [0.4, 0.5) is 0 Å². The number of carbonyl (C=O) groups excluding carboxylic acids is 1. The Kier molecular flexibility index (Phi) is 6.87. The number of amides is 1. The Bertz CT molecular complexity index is 574. The van der Waals surface area contributed by atoms with Gasteiger partial charge < -0.3 is 19.7 Å². The number of benzene rings is 1. The highest BCUT2D eigenvalue weighted by atomic mass is 32.2. The highest BCUT2D eigenvalue weighted by molar-refractivity contribution is 7.99. The van der Waals surface area contributed by atoms with Gasteiger partial charge in [0.2, 0.25) is 5.91 Å². The minimum atomic E-state index is 0.289. The monoisotopic (exact) mass is 364 g/mol. The summed E-state index contributed by atoms with van der Waals surface area (Å²) in [5, 5.41) is 3.21. The lowest BCUT2D eigenvalue weighted by Crippen LogP contribution is -2.39. The molecule has 0 spiro atoms. The third kappa shape index (κ3) is 5.28. The summed E-state index contributed by atoms with van der Waals surface area (Å²) in [5.41, 5.74) is 0. The average molecular weight is 365 g/mol. The SMILES string of the molecule is CNCCC1CCN(C(=O)CCSc2ccc3c(c2)OCCO3)CC1. The second-order valence-corrected chi connectivity index (χ2v) is 7.79. The zero-order chi connectivity index (χ0) is 17.5. The number of nitrogens with one attached hydrogen (secondary N) is 1. The van der Waals surface area contributed by atoms with Crippen molar-refractivity contribution in [3.8, 4) is 11.5 Å². The molecule has 1 amide bonds. The molecule has 138 valence electrons. The lowest BCUT2D eigenvalue weighted by Gasteiger charge is -2.32. The molecule has 0 radical (unpaired) electrons. The number of likely N-dealkylation sites (tertiary alicyclic amines) is 1. The van der Waals surface area contributed by atoms with Crippen LogP contribution in [0.5, 0.6) is 11.5 Å². The van der Waals surface area contributed by atoms with Crippen molar-refractivity contribution in [3.63, 3.8) is 0 Å². The Morgan fingerprint density at radius 1 is 1.24 bits per heavy atom. The molecule has 0 saturated carbocycles. The smallest absolute Gasteiger partial charge is 0.223 e. The molecule has 2 aliphatic rings. The van der Waals surface area contributed by atoms with Crippen LogP contribution in [0.15, 0.2) is 23.1 Å². The number of carbonyl (C=O) groups is 1. The van der Waals surface area contributed by atoms with Crippen molar-refractivity contribution in [2.24, 2.45) is 5.92 Å². The maximum Gasteiger partial charge on any atom is 0.223 e. The topological polar surface area (TPSA) is 50.8 Å². The fourth-order valence-corrected chi connectivity index (χ4v) is 4.21. The highest BCUT2D eigenvalue weighted by Crippen LogP contribution is 2.34. The molecule has 1 aromatic carbocycles. The first-order valence-electron chi connectivity index (χ1n) is 9.21. The van der Waals surface area contributed by atoms with E-state index in [4.69, 9.17) is 9.47 Å². The van der Waals surface area contributed by atoms with Crippen molar-refractivity contribution in [1.82, 2.24) is 10.2 Å². The van der Waals surface area contributed by atoms with Crippen LogP contribution in [0.25, 0.3) is 0 Å². The Morgan fingerprint density at radius 2 is 2.00 bits per heavy atom. The van der Waals surface area contributed by atoms with E-state index in [0.29, 0.717) is 19.6 Å². The van der Waals surface area contributed by atoms with Crippen molar-refractivity contribution in [3.05, 3.63) is 18.2 Å². The van der Waals surface area contributed by atoms with Gasteiger partial charge >= 0.3 is 0 Å². The molecule has 0 unspecified atom stereocenters. The van der Waals surface area contributed by atoms with Gasteiger partial charge in [-0.05, 0) is 57.0 Å². The fourth-order valence-electron chi connectivity index (χ4n) is 3.35. The van der Waals surface area contributed by atoms with Gasteiger partial charge in [-0.1, -0.05) is 0 Å². The van der Waals surface area contributed by atoms with Crippen LogP contribution in [-0.2, 0) is 4.79 Å². The van der Waals surface area contributed by atoms with Gasteiger partial charge in [-0.15, -0.1) is 11.8 Å². The van der Waals surface area contributed by atoms with Crippen molar-refractivity contribution < 1.29 is 14.3 Å². The molecule has 6 heteroatoms. The number of nitrogens with zero attached hydrogens (tertiary/aromatic N) is 1. The van der Waals surface area contributed by atoms with E-state index in [9.17, 15) is 4.79 Å². The minimum absolute atomic E-state index is 0.289. The largest absolute Gasteiger partial charge is 0.486 e. The number of rotatable bonds is 7. The Hall–Kier alpha value is -1.40. The van der Waals surface area contributed by atoms with Crippen LogP contribution in [0.2, 0.25) is 0 Å². The molecule has 3 rings (SSSR count). The van der Waals surface area contributed by atoms with Gasteiger partial charge in [-0.3, -0.25) is 4.79 Å². The van der Waals surface area contributed by atoms with Gasteiger partial charge in [0.15, 0.2) is 11.5 Å². The third-order valence-corrected chi connectivity index (χ3v) is 5.86. The van der Waals surface area contributed by atoms with Crippen molar-refractivity contribution in [2.45, 2.75) is 30.6 Å². The Balaban J connectivity index is 1.38. The lowest BCUT2D eigenvalue weighted by atomic mass is 9.93. The number of piperidine rings is 1. The van der Waals surface area contributed by atoms with E-state index in [1.807, 2.05) is 30.1 Å². The number of hydrogen-bond donors (Lipinski definition) is 1. The number of ether oxygens (including phenoxy) is 2. The van der Waals surface area contributed by atoms with Gasteiger partial charge in [0.25, 0.3) is 0 Å². The third-order valence-electron chi connectivity index (χ3n) is 4.87. The van der Waals surface area contributed by atoms with E-state index in [1.165, 1.54) is 6.42 Å². The Labute approximate surface area is 154 Å². The number of hydrogen-bond acceptors (Lipinski definition) is 5. The number of thioether (sulfide) groups is 1. The molecule has 0 bridgehead atoms. The first kappa shape index (κ1) is 18.4. The van der Waals surface area contributed by atoms with Crippen LogP contribution in [0.1, 0.15) is 25.7 Å². The van der Waals surface area contributed by atoms with Gasteiger partial charge in [0.1, 0.15) is 13.2 Å². The summed E-state index contributed by atoms with van der Waals surface area (Å²) < 4.78 is 11.1. The summed E-state index contributed by atoms with van der Waals surface area (Å²) in [7, 11) is 2.00. The van der Waals surface area contributed by atoms with E-state index in [-0.39, 0.29) is 5.91 Å². The van der Waals surface area contributed by atoms with E-state index in [1.54, 1.807) is 11.8 Å². The molecular formula is C19H28N2O3S. The quantitative estimate of drug-likeness (QED) is 0.754. The summed E-state index contributed by atoms with van der Waals surface area (Å²) in [6.45, 7) is 4.12. The van der Waals surface area contributed by atoms with Crippen LogP contribution in [0.3, 0.4) is 0 Å². The zero-order valence-electron chi connectivity index (χ0n) is 15.0. The van der Waals surface area contributed by atoms with Crippen molar-refractivity contribution in [1.29, 1.82) is 0 Å². The van der Waals surface area contributed by atoms with Crippen LogP contribution in [0, 0.1) is 5.92 Å². The van der Waals surface area contributed by atoms with Crippen molar-refractivity contribution >= 4 is 17.7 Å².